The molecule has 1 unspecified atom stereocenters. The predicted octanol–water partition coefficient (Wildman–Crippen LogP) is 3.83. The molecular formula is C18H18F5N3O. The molecule has 2 aliphatic rings. The van der Waals surface area contributed by atoms with E-state index in [0.717, 1.165) is 25.0 Å². The van der Waals surface area contributed by atoms with E-state index in [-0.39, 0.29) is 23.8 Å². The number of amides is 1. The average Bonchev–Trinajstić information content (AvgIpc) is 2.93. The van der Waals surface area contributed by atoms with Crippen molar-refractivity contribution in [2.24, 2.45) is 23.7 Å². The van der Waals surface area contributed by atoms with Gasteiger partial charge in [0.1, 0.15) is 6.54 Å². The number of hydrogen-bond acceptors (Lipinski definition) is 2. The monoisotopic (exact) mass is 387 g/mol. The van der Waals surface area contributed by atoms with Crippen molar-refractivity contribution in [2.75, 3.05) is 6.54 Å². The lowest BCUT2D eigenvalue weighted by molar-refractivity contribution is -0.141. The zero-order valence-electron chi connectivity index (χ0n) is 14.4. The van der Waals surface area contributed by atoms with Gasteiger partial charge in [-0.3, -0.25) is 4.79 Å². The minimum Gasteiger partial charge on any atom is -0.347 e. The minimum absolute atomic E-state index is 0.0662. The summed E-state index contributed by atoms with van der Waals surface area (Å²) in [6, 6.07) is 2.26. The first-order valence-corrected chi connectivity index (χ1v) is 8.82. The van der Waals surface area contributed by atoms with E-state index in [4.69, 9.17) is 0 Å². The maximum Gasteiger partial charge on any atom is 0.405 e. The van der Waals surface area contributed by atoms with E-state index in [9.17, 15) is 26.7 Å². The fourth-order valence-corrected chi connectivity index (χ4v) is 4.67. The highest BCUT2D eigenvalue weighted by atomic mass is 19.4. The van der Waals surface area contributed by atoms with Gasteiger partial charge in [0.2, 0.25) is 5.91 Å². The minimum atomic E-state index is -4.42. The van der Waals surface area contributed by atoms with Crippen LogP contribution in [0.2, 0.25) is 0 Å². The topological polar surface area (TPSA) is 46.9 Å². The van der Waals surface area contributed by atoms with Gasteiger partial charge < -0.3 is 9.88 Å². The summed E-state index contributed by atoms with van der Waals surface area (Å²) in [6.45, 7) is 0.346. The highest BCUT2D eigenvalue weighted by Gasteiger charge is 2.59. The summed E-state index contributed by atoms with van der Waals surface area (Å²) in [5.41, 5.74) is 0.902. The van der Waals surface area contributed by atoms with Crippen molar-refractivity contribution in [3.05, 3.63) is 30.1 Å². The molecule has 2 aliphatic carbocycles. The lowest BCUT2D eigenvalue weighted by Crippen LogP contribution is -2.38. The quantitative estimate of drug-likeness (QED) is 0.811. The number of halogens is 5. The Balaban J connectivity index is 1.40. The van der Waals surface area contributed by atoms with Gasteiger partial charge >= 0.3 is 6.18 Å². The SMILES string of the molecule is CC(C(=O)NCC(F)(F)F)[C@H]1[C@@H]2C[C@@H](n3cnc4cc(F)c(F)cc43)C[C@@H]21. The number of carbonyl (C=O) groups is 1. The summed E-state index contributed by atoms with van der Waals surface area (Å²) < 4.78 is 65.4. The Hall–Kier alpha value is -2.19. The van der Waals surface area contributed by atoms with Gasteiger partial charge in [0.15, 0.2) is 11.6 Å². The number of aromatic nitrogens is 2. The number of carbonyl (C=O) groups excluding carboxylic acids is 1. The third kappa shape index (κ3) is 3.27. The van der Waals surface area contributed by atoms with Crippen LogP contribution < -0.4 is 5.32 Å². The first kappa shape index (κ1) is 18.2. The van der Waals surface area contributed by atoms with Gasteiger partial charge in [-0.15, -0.1) is 0 Å². The molecule has 1 heterocycles. The molecule has 0 saturated heterocycles. The Bertz CT molecular complexity index is 881. The summed E-state index contributed by atoms with van der Waals surface area (Å²) in [6.07, 6.45) is -1.36. The number of fused-ring (bicyclic) bond motifs is 2. The number of rotatable bonds is 4. The second kappa shape index (κ2) is 6.17. The van der Waals surface area contributed by atoms with E-state index < -0.39 is 36.2 Å². The maximum absolute atomic E-state index is 13.6. The molecule has 1 aromatic heterocycles. The summed E-state index contributed by atoms with van der Waals surface area (Å²) in [7, 11) is 0. The second-order valence-corrected chi connectivity index (χ2v) is 7.56. The molecule has 27 heavy (non-hydrogen) atoms. The smallest absolute Gasteiger partial charge is 0.347 e. The van der Waals surface area contributed by atoms with Crippen LogP contribution in [0.1, 0.15) is 25.8 Å². The van der Waals surface area contributed by atoms with Gasteiger partial charge in [-0.05, 0) is 30.6 Å². The number of hydrogen-bond donors (Lipinski definition) is 1. The van der Waals surface area contributed by atoms with E-state index in [1.807, 2.05) is 9.88 Å². The lowest BCUT2D eigenvalue weighted by Gasteiger charge is -2.20. The second-order valence-electron chi connectivity index (χ2n) is 7.56. The summed E-state index contributed by atoms with van der Waals surface area (Å²) in [5.74, 6) is -2.35. The molecule has 0 aliphatic heterocycles. The number of alkyl halides is 3. The van der Waals surface area contributed by atoms with Crippen LogP contribution in [0.3, 0.4) is 0 Å². The molecule has 146 valence electrons. The van der Waals surface area contributed by atoms with Crippen LogP contribution in [0.25, 0.3) is 11.0 Å². The standard InChI is InChI=1S/C18H18F5N3O/c1-8(17(27)24-6-18(21,22)23)16-10-2-9(3-11(10)16)26-7-25-14-4-12(19)13(20)5-15(14)26/h4-5,7-11,16H,2-3,6H2,1H3,(H,24,27)/t8?,9-,10-,11+,16+. The van der Waals surface area contributed by atoms with Crippen molar-refractivity contribution in [3.63, 3.8) is 0 Å². The van der Waals surface area contributed by atoms with E-state index >= 15 is 0 Å². The molecule has 0 bridgehead atoms. The van der Waals surface area contributed by atoms with Gasteiger partial charge in [-0.2, -0.15) is 13.2 Å². The first-order valence-electron chi connectivity index (χ1n) is 8.82. The fraction of sp³-hybridized carbons (Fsp3) is 0.556. The van der Waals surface area contributed by atoms with Gasteiger partial charge in [-0.25, -0.2) is 13.8 Å². The summed E-state index contributed by atoms with van der Waals surface area (Å²) in [4.78, 5) is 16.1. The van der Waals surface area contributed by atoms with Gasteiger partial charge in [0.05, 0.1) is 17.4 Å². The number of imidazole rings is 1. The van der Waals surface area contributed by atoms with E-state index in [2.05, 4.69) is 4.98 Å². The highest BCUT2D eigenvalue weighted by molar-refractivity contribution is 5.79. The molecule has 1 aromatic carbocycles. The molecule has 1 N–H and O–H groups in total. The molecule has 1 amide bonds. The molecule has 9 heteroatoms. The van der Waals surface area contributed by atoms with Crippen molar-refractivity contribution in [2.45, 2.75) is 32.0 Å². The average molecular weight is 387 g/mol. The summed E-state index contributed by atoms with van der Waals surface area (Å²) >= 11 is 0. The molecule has 2 saturated carbocycles. The Labute approximate surface area is 151 Å². The predicted molar refractivity (Wildman–Crippen MR) is 86.6 cm³/mol. The Morgan fingerprint density at radius 2 is 1.89 bits per heavy atom. The Morgan fingerprint density at radius 3 is 2.52 bits per heavy atom. The normalized spacial score (nSPS) is 28.2. The van der Waals surface area contributed by atoms with Crippen LogP contribution in [0.15, 0.2) is 18.5 Å². The first-order chi connectivity index (χ1) is 12.7. The van der Waals surface area contributed by atoms with E-state index in [1.165, 1.54) is 0 Å². The van der Waals surface area contributed by atoms with Crippen LogP contribution in [0.4, 0.5) is 22.0 Å². The molecular weight excluding hydrogens is 369 g/mol. The number of nitrogens with zero attached hydrogens (tertiary/aromatic N) is 2. The van der Waals surface area contributed by atoms with Gasteiger partial charge in [-0.1, -0.05) is 6.92 Å². The molecule has 0 spiro atoms. The van der Waals surface area contributed by atoms with Crippen molar-refractivity contribution < 1.29 is 26.7 Å². The molecule has 0 radical (unpaired) electrons. The van der Waals surface area contributed by atoms with Crippen molar-refractivity contribution in [1.29, 1.82) is 0 Å². The molecule has 4 nitrogen and oxygen atoms in total. The van der Waals surface area contributed by atoms with Crippen molar-refractivity contribution >= 4 is 16.9 Å². The van der Waals surface area contributed by atoms with Crippen molar-refractivity contribution in [1.82, 2.24) is 14.9 Å². The summed E-state index contributed by atoms with van der Waals surface area (Å²) in [5, 5.41) is 1.95. The maximum atomic E-state index is 13.6. The lowest BCUT2D eigenvalue weighted by atomic mass is 9.96. The fourth-order valence-electron chi connectivity index (χ4n) is 4.67. The third-order valence-electron chi connectivity index (χ3n) is 5.95. The van der Waals surface area contributed by atoms with Gasteiger partial charge in [0.25, 0.3) is 0 Å². The van der Waals surface area contributed by atoms with Crippen LogP contribution in [0, 0.1) is 35.3 Å². The van der Waals surface area contributed by atoms with E-state index in [1.54, 1.807) is 13.3 Å². The Morgan fingerprint density at radius 1 is 1.26 bits per heavy atom. The molecule has 2 fully saturated rings. The number of nitrogens with one attached hydrogen (secondary N) is 1. The van der Waals surface area contributed by atoms with E-state index in [0.29, 0.717) is 11.0 Å². The van der Waals surface area contributed by atoms with Crippen LogP contribution in [-0.2, 0) is 4.79 Å². The molecule has 2 aromatic rings. The zero-order chi connectivity index (χ0) is 19.5. The molecule has 5 atom stereocenters. The van der Waals surface area contributed by atoms with Crippen LogP contribution >= 0.6 is 0 Å². The van der Waals surface area contributed by atoms with Gasteiger partial charge in [0, 0.05) is 24.1 Å². The van der Waals surface area contributed by atoms with Crippen LogP contribution in [0.5, 0.6) is 0 Å². The van der Waals surface area contributed by atoms with Crippen LogP contribution in [-0.4, -0.2) is 28.2 Å². The van der Waals surface area contributed by atoms with Crippen molar-refractivity contribution in [3.8, 4) is 0 Å². The largest absolute Gasteiger partial charge is 0.405 e. The Kier molecular flexibility index (Phi) is 4.16. The zero-order valence-corrected chi connectivity index (χ0v) is 14.4. The third-order valence-corrected chi connectivity index (χ3v) is 5.95. The highest BCUT2D eigenvalue weighted by Crippen LogP contribution is 2.63. The number of benzene rings is 1. The molecule has 4 rings (SSSR count).